The Morgan fingerprint density at radius 2 is 1.68 bits per heavy atom. The van der Waals surface area contributed by atoms with E-state index >= 15 is 0 Å². The van der Waals surface area contributed by atoms with Crippen molar-refractivity contribution in [3.8, 4) is 0 Å². The SMILES string of the molecule is CCCCC1(O)CC(C)(C)c2ccc(/C(C)=C/c3ccccc3)cc2C1(C)C. The van der Waals surface area contributed by atoms with Gasteiger partial charge in [-0.1, -0.05) is 102 Å². The second kappa shape index (κ2) is 7.52. The molecule has 1 unspecified atom stereocenters. The summed E-state index contributed by atoms with van der Waals surface area (Å²) in [4.78, 5) is 0. The van der Waals surface area contributed by atoms with Crippen molar-refractivity contribution in [1.29, 1.82) is 0 Å². The third-order valence-electron chi connectivity index (χ3n) is 6.90. The van der Waals surface area contributed by atoms with Gasteiger partial charge < -0.3 is 5.11 Å². The second-order valence-corrected chi connectivity index (χ2v) is 9.82. The number of unbranched alkanes of at least 4 members (excludes halogenated alkanes) is 1. The van der Waals surface area contributed by atoms with E-state index in [1.165, 1.54) is 27.8 Å². The summed E-state index contributed by atoms with van der Waals surface area (Å²) in [6, 6.07) is 17.4. The van der Waals surface area contributed by atoms with Crippen molar-refractivity contribution in [3.05, 3.63) is 70.8 Å². The fourth-order valence-electron chi connectivity index (χ4n) is 4.95. The molecule has 1 atom stereocenters. The van der Waals surface area contributed by atoms with Gasteiger partial charge >= 0.3 is 0 Å². The summed E-state index contributed by atoms with van der Waals surface area (Å²) in [5, 5.41) is 11.8. The number of allylic oxidation sites excluding steroid dienone is 1. The summed E-state index contributed by atoms with van der Waals surface area (Å²) >= 11 is 0. The van der Waals surface area contributed by atoms with E-state index in [0.29, 0.717) is 0 Å². The lowest BCUT2D eigenvalue weighted by Crippen LogP contribution is -2.55. The summed E-state index contributed by atoms with van der Waals surface area (Å²) in [6.07, 6.45) is 6.11. The maximum atomic E-state index is 11.8. The van der Waals surface area contributed by atoms with Crippen molar-refractivity contribution in [1.82, 2.24) is 0 Å². The van der Waals surface area contributed by atoms with E-state index in [4.69, 9.17) is 0 Å². The minimum atomic E-state index is -0.671. The van der Waals surface area contributed by atoms with Crippen molar-refractivity contribution < 1.29 is 5.11 Å². The lowest BCUT2D eigenvalue weighted by molar-refractivity contribution is -0.0664. The lowest BCUT2D eigenvalue weighted by atomic mass is 9.54. The highest BCUT2D eigenvalue weighted by molar-refractivity contribution is 5.80. The van der Waals surface area contributed by atoms with Gasteiger partial charge in [0, 0.05) is 5.41 Å². The highest BCUT2D eigenvalue weighted by Crippen LogP contribution is 2.53. The first-order valence-corrected chi connectivity index (χ1v) is 10.7. The van der Waals surface area contributed by atoms with Gasteiger partial charge in [-0.25, -0.2) is 0 Å². The first kappa shape index (κ1) is 20.9. The zero-order valence-corrected chi connectivity index (χ0v) is 18.5. The molecule has 3 rings (SSSR count). The standard InChI is InChI=1S/C27H36O/c1-7-8-16-27(28)19-25(3,4)23-15-14-22(18-24(23)26(27,5)6)20(2)17-21-12-10-9-11-13-21/h9-15,17-18,28H,7-8,16,19H2,1-6H3/b20-17+. The fraction of sp³-hybridized carbons (Fsp3) is 0.481. The smallest absolute Gasteiger partial charge is 0.0747 e. The van der Waals surface area contributed by atoms with Crippen LogP contribution in [0, 0.1) is 0 Å². The third-order valence-corrected chi connectivity index (χ3v) is 6.90. The molecule has 1 N–H and O–H groups in total. The average molecular weight is 377 g/mol. The molecule has 28 heavy (non-hydrogen) atoms. The molecule has 0 saturated heterocycles. The number of hydrogen-bond donors (Lipinski definition) is 1. The van der Waals surface area contributed by atoms with Gasteiger partial charge in [-0.05, 0) is 53.0 Å². The van der Waals surface area contributed by atoms with Crippen molar-refractivity contribution in [2.24, 2.45) is 0 Å². The first-order chi connectivity index (χ1) is 13.1. The summed E-state index contributed by atoms with van der Waals surface area (Å²) in [5.41, 5.74) is 5.44. The normalized spacial score (nSPS) is 23.3. The van der Waals surface area contributed by atoms with E-state index in [-0.39, 0.29) is 10.8 Å². The molecule has 1 aliphatic carbocycles. The Morgan fingerprint density at radius 1 is 1.00 bits per heavy atom. The molecular weight excluding hydrogens is 340 g/mol. The summed E-state index contributed by atoms with van der Waals surface area (Å²) < 4.78 is 0. The predicted molar refractivity (Wildman–Crippen MR) is 122 cm³/mol. The van der Waals surface area contributed by atoms with E-state index in [9.17, 15) is 5.11 Å². The van der Waals surface area contributed by atoms with E-state index in [2.05, 4.69) is 90.1 Å². The van der Waals surface area contributed by atoms with Crippen LogP contribution in [-0.2, 0) is 10.8 Å². The Kier molecular flexibility index (Phi) is 5.60. The molecule has 0 aromatic heterocycles. The van der Waals surface area contributed by atoms with Crippen LogP contribution in [0.1, 0.15) is 89.5 Å². The Morgan fingerprint density at radius 3 is 2.32 bits per heavy atom. The maximum absolute atomic E-state index is 11.8. The Hall–Kier alpha value is -1.86. The van der Waals surface area contributed by atoms with Gasteiger partial charge in [0.25, 0.3) is 0 Å². The van der Waals surface area contributed by atoms with Crippen LogP contribution in [-0.4, -0.2) is 10.7 Å². The van der Waals surface area contributed by atoms with Crippen molar-refractivity contribution in [3.63, 3.8) is 0 Å². The third kappa shape index (κ3) is 3.70. The quantitative estimate of drug-likeness (QED) is 0.550. The zero-order chi connectivity index (χ0) is 20.6. The molecule has 0 bridgehead atoms. The van der Waals surface area contributed by atoms with E-state index in [1.807, 2.05) is 6.07 Å². The molecule has 150 valence electrons. The molecule has 1 heteroatoms. The van der Waals surface area contributed by atoms with Crippen LogP contribution in [0.2, 0.25) is 0 Å². The van der Waals surface area contributed by atoms with Gasteiger partial charge in [0.2, 0.25) is 0 Å². The van der Waals surface area contributed by atoms with Gasteiger partial charge in [0.1, 0.15) is 0 Å². The van der Waals surface area contributed by atoms with Crippen molar-refractivity contribution >= 4 is 11.6 Å². The zero-order valence-electron chi connectivity index (χ0n) is 18.5. The molecule has 1 nitrogen and oxygen atoms in total. The lowest BCUT2D eigenvalue weighted by Gasteiger charge is -2.53. The monoisotopic (exact) mass is 376 g/mol. The molecule has 1 aliphatic rings. The number of rotatable bonds is 5. The molecule has 0 heterocycles. The van der Waals surface area contributed by atoms with Crippen LogP contribution in [0.4, 0.5) is 0 Å². The molecule has 0 amide bonds. The maximum Gasteiger partial charge on any atom is 0.0747 e. The second-order valence-electron chi connectivity index (χ2n) is 9.82. The minimum absolute atomic E-state index is 0.0249. The summed E-state index contributed by atoms with van der Waals surface area (Å²) in [5.74, 6) is 0. The average Bonchev–Trinajstić information content (AvgIpc) is 2.65. The number of hydrogen-bond acceptors (Lipinski definition) is 1. The highest BCUT2D eigenvalue weighted by atomic mass is 16.3. The van der Waals surface area contributed by atoms with Crippen LogP contribution < -0.4 is 0 Å². The van der Waals surface area contributed by atoms with Crippen LogP contribution in [0.25, 0.3) is 11.6 Å². The highest BCUT2D eigenvalue weighted by Gasteiger charge is 2.52. The number of fused-ring (bicyclic) bond motifs is 1. The van der Waals surface area contributed by atoms with Crippen LogP contribution in [0.15, 0.2) is 48.5 Å². The predicted octanol–water partition coefficient (Wildman–Crippen LogP) is 7.13. The largest absolute Gasteiger partial charge is 0.389 e. The summed E-state index contributed by atoms with van der Waals surface area (Å²) in [6.45, 7) is 13.4. The Labute approximate surface area is 171 Å². The molecule has 0 spiro atoms. The molecule has 0 aliphatic heterocycles. The molecular formula is C27H36O. The van der Waals surface area contributed by atoms with Gasteiger partial charge in [0.15, 0.2) is 0 Å². The van der Waals surface area contributed by atoms with Gasteiger partial charge in [0.05, 0.1) is 5.60 Å². The van der Waals surface area contributed by atoms with Crippen LogP contribution >= 0.6 is 0 Å². The molecule has 2 aromatic rings. The fourth-order valence-corrected chi connectivity index (χ4v) is 4.95. The Balaban J connectivity index is 2.08. The minimum Gasteiger partial charge on any atom is -0.389 e. The van der Waals surface area contributed by atoms with Crippen LogP contribution in [0.5, 0.6) is 0 Å². The number of benzene rings is 2. The molecule has 2 aromatic carbocycles. The molecule has 0 fully saturated rings. The van der Waals surface area contributed by atoms with Gasteiger partial charge in [-0.2, -0.15) is 0 Å². The van der Waals surface area contributed by atoms with Gasteiger partial charge in [-0.15, -0.1) is 0 Å². The van der Waals surface area contributed by atoms with Crippen molar-refractivity contribution in [2.45, 2.75) is 83.7 Å². The first-order valence-electron chi connectivity index (χ1n) is 10.7. The Bertz CT molecular complexity index is 857. The number of aliphatic hydroxyl groups is 1. The topological polar surface area (TPSA) is 20.2 Å². The van der Waals surface area contributed by atoms with Crippen LogP contribution in [0.3, 0.4) is 0 Å². The van der Waals surface area contributed by atoms with E-state index in [0.717, 1.165) is 25.7 Å². The molecule has 0 radical (unpaired) electrons. The van der Waals surface area contributed by atoms with E-state index < -0.39 is 5.60 Å². The van der Waals surface area contributed by atoms with Gasteiger partial charge in [-0.3, -0.25) is 0 Å². The van der Waals surface area contributed by atoms with Crippen molar-refractivity contribution in [2.75, 3.05) is 0 Å². The summed E-state index contributed by atoms with van der Waals surface area (Å²) in [7, 11) is 0. The van der Waals surface area contributed by atoms with E-state index in [1.54, 1.807) is 0 Å². The molecule has 0 saturated carbocycles.